The SMILES string of the molecule is CC(C)(CCN)CCC(=O)N1C[C@H](O)C[C@@H]1C(=O)O. The van der Waals surface area contributed by atoms with Gasteiger partial charge in [0, 0.05) is 19.4 Å². The molecule has 0 aromatic rings. The molecule has 0 unspecified atom stereocenters. The maximum absolute atomic E-state index is 12.1. The number of rotatable bonds is 6. The van der Waals surface area contributed by atoms with E-state index in [4.69, 9.17) is 10.8 Å². The van der Waals surface area contributed by atoms with Crippen LogP contribution < -0.4 is 5.73 Å². The molecule has 6 heteroatoms. The van der Waals surface area contributed by atoms with E-state index in [2.05, 4.69) is 0 Å². The second kappa shape index (κ2) is 6.34. The van der Waals surface area contributed by atoms with Gasteiger partial charge in [-0.3, -0.25) is 4.79 Å². The van der Waals surface area contributed by atoms with Gasteiger partial charge >= 0.3 is 5.97 Å². The van der Waals surface area contributed by atoms with Gasteiger partial charge in [-0.05, 0) is 24.8 Å². The van der Waals surface area contributed by atoms with E-state index in [0.717, 1.165) is 6.42 Å². The first kappa shape index (κ1) is 15.9. The first-order chi connectivity index (χ1) is 8.76. The number of carboxylic acids is 1. The number of carboxylic acid groups (broad SMARTS) is 1. The Balaban J connectivity index is 2.55. The number of carbonyl (C=O) groups excluding carboxylic acids is 1. The summed E-state index contributed by atoms with van der Waals surface area (Å²) in [6.07, 6.45) is 1.17. The summed E-state index contributed by atoms with van der Waals surface area (Å²) in [5.41, 5.74) is 5.49. The van der Waals surface area contributed by atoms with Crippen molar-refractivity contribution in [3.05, 3.63) is 0 Å². The maximum Gasteiger partial charge on any atom is 0.326 e. The number of hydrogen-bond donors (Lipinski definition) is 3. The van der Waals surface area contributed by atoms with E-state index in [-0.39, 0.29) is 24.3 Å². The van der Waals surface area contributed by atoms with Crippen molar-refractivity contribution in [1.29, 1.82) is 0 Å². The van der Waals surface area contributed by atoms with Gasteiger partial charge in [-0.2, -0.15) is 0 Å². The van der Waals surface area contributed by atoms with Gasteiger partial charge in [-0.25, -0.2) is 4.79 Å². The molecule has 2 atom stereocenters. The number of aliphatic hydroxyl groups is 1. The fourth-order valence-corrected chi connectivity index (χ4v) is 2.43. The molecule has 0 aliphatic carbocycles. The highest BCUT2D eigenvalue weighted by Crippen LogP contribution is 2.27. The standard InChI is InChI=1S/C13H24N2O4/c1-13(2,5-6-14)4-3-11(17)15-8-9(16)7-10(15)12(18)19/h9-10,16H,3-8,14H2,1-2H3,(H,18,19)/t9-,10-/m1/s1. The van der Waals surface area contributed by atoms with Crippen LogP contribution in [0.1, 0.15) is 39.5 Å². The van der Waals surface area contributed by atoms with E-state index in [9.17, 15) is 14.7 Å². The molecular formula is C13H24N2O4. The molecule has 1 amide bonds. The fourth-order valence-electron chi connectivity index (χ4n) is 2.43. The number of β-amino-alcohol motifs (C(OH)–C–C–N with tert-alkyl or cyclic N) is 1. The van der Waals surface area contributed by atoms with Crippen LogP contribution in [0, 0.1) is 5.41 Å². The van der Waals surface area contributed by atoms with E-state index in [1.54, 1.807) is 0 Å². The lowest BCUT2D eigenvalue weighted by Gasteiger charge is -2.26. The van der Waals surface area contributed by atoms with Crippen molar-refractivity contribution in [2.24, 2.45) is 11.1 Å². The molecule has 0 spiro atoms. The molecule has 0 aromatic heterocycles. The third-order valence-electron chi connectivity index (χ3n) is 3.72. The summed E-state index contributed by atoms with van der Waals surface area (Å²) < 4.78 is 0. The van der Waals surface area contributed by atoms with Gasteiger partial charge in [0.25, 0.3) is 0 Å². The van der Waals surface area contributed by atoms with Crippen molar-refractivity contribution >= 4 is 11.9 Å². The number of nitrogens with two attached hydrogens (primary N) is 1. The molecule has 1 fully saturated rings. The quantitative estimate of drug-likeness (QED) is 0.640. The Labute approximate surface area is 113 Å². The molecule has 1 rings (SSSR count). The molecule has 1 aliphatic heterocycles. The number of nitrogens with zero attached hydrogens (tertiary/aromatic N) is 1. The average molecular weight is 272 g/mol. The average Bonchev–Trinajstić information content (AvgIpc) is 2.68. The van der Waals surface area contributed by atoms with Crippen molar-refractivity contribution in [1.82, 2.24) is 4.90 Å². The van der Waals surface area contributed by atoms with E-state index in [1.807, 2.05) is 13.8 Å². The van der Waals surface area contributed by atoms with Crippen LogP contribution in [0.25, 0.3) is 0 Å². The zero-order valence-electron chi connectivity index (χ0n) is 11.6. The second-order valence-corrected chi connectivity index (χ2v) is 5.99. The molecule has 0 bridgehead atoms. The molecule has 1 aliphatic rings. The van der Waals surface area contributed by atoms with Crippen molar-refractivity contribution < 1.29 is 19.8 Å². The highest BCUT2D eigenvalue weighted by Gasteiger charge is 2.38. The van der Waals surface area contributed by atoms with Crippen molar-refractivity contribution in [2.45, 2.75) is 51.7 Å². The molecule has 0 saturated carbocycles. The Morgan fingerprint density at radius 1 is 1.37 bits per heavy atom. The smallest absolute Gasteiger partial charge is 0.326 e. The molecule has 110 valence electrons. The monoisotopic (exact) mass is 272 g/mol. The largest absolute Gasteiger partial charge is 0.480 e. The zero-order valence-corrected chi connectivity index (χ0v) is 11.6. The molecule has 0 aromatic carbocycles. The van der Waals surface area contributed by atoms with E-state index < -0.39 is 18.1 Å². The van der Waals surface area contributed by atoms with Crippen LogP contribution in [-0.2, 0) is 9.59 Å². The molecule has 19 heavy (non-hydrogen) atoms. The first-order valence-corrected chi connectivity index (χ1v) is 6.67. The lowest BCUT2D eigenvalue weighted by Crippen LogP contribution is -2.40. The Kier molecular flexibility index (Phi) is 5.31. The Hall–Kier alpha value is -1.14. The van der Waals surface area contributed by atoms with Crippen LogP contribution in [0.2, 0.25) is 0 Å². The Morgan fingerprint density at radius 3 is 2.53 bits per heavy atom. The van der Waals surface area contributed by atoms with Crippen molar-refractivity contribution in [3.8, 4) is 0 Å². The summed E-state index contributed by atoms with van der Waals surface area (Å²) in [7, 11) is 0. The summed E-state index contributed by atoms with van der Waals surface area (Å²) >= 11 is 0. The van der Waals surface area contributed by atoms with Gasteiger partial charge < -0.3 is 20.8 Å². The van der Waals surface area contributed by atoms with E-state index in [0.29, 0.717) is 19.4 Å². The minimum atomic E-state index is -1.05. The molecule has 6 nitrogen and oxygen atoms in total. The van der Waals surface area contributed by atoms with Gasteiger partial charge in [-0.15, -0.1) is 0 Å². The van der Waals surface area contributed by atoms with E-state index in [1.165, 1.54) is 4.90 Å². The third-order valence-corrected chi connectivity index (χ3v) is 3.72. The summed E-state index contributed by atoms with van der Waals surface area (Å²) in [6, 6.07) is -0.889. The second-order valence-electron chi connectivity index (χ2n) is 5.99. The van der Waals surface area contributed by atoms with Gasteiger partial charge in [0.1, 0.15) is 6.04 Å². The maximum atomic E-state index is 12.1. The van der Waals surface area contributed by atoms with Crippen LogP contribution in [0.4, 0.5) is 0 Å². The number of likely N-dealkylation sites (tertiary alicyclic amines) is 1. The number of carbonyl (C=O) groups is 2. The third kappa shape index (κ3) is 4.47. The normalized spacial score (nSPS) is 23.7. The van der Waals surface area contributed by atoms with Crippen molar-refractivity contribution in [3.63, 3.8) is 0 Å². The lowest BCUT2D eigenvalue weighted by atomic mass is 9.84. The Bertz CT molecular complexity index is 344. The van der Waals surface area contributed by atoms with Crippen LogP contribution >= 0.6 is 0 Å². The summed E-state index contributed by atoms with van der Waals surface area (Å²) in [5, 5.41) is 18.5. The molecule has 1 saturated heterocycles. The number of aliphatic hydroxyl groups excluding tert-OH is 1. The van der Waals surface area contributed by atoms with Gasteiger partial charge in [-0.1, -0.05) is 13.8 Å². The highest BCUT2D eigenvalue weighted by molar-refractivity contribution is 5.84. The minimum Gasteiger partial charge on any atom is -0.480 e. The summed E-state index contributed by atoms with van der Waals surface area (Å²) in [4.78, 5) is 24.4. The van der Waals surface area contributed by atoms with Crippen molar-refractivity contribution in [2.75, 3.05) is 13.1 Å². The lowest BCUT2D eigenvalue weighted by molar-refractivity contribution is -0.148. The molecule has 1 heterocycles. The fraction of sp³-hybridized carbons (Fsp3) is 0.846. The summed E-state index contributed by atoms with van der Waals surface area (Å²) in [5.74, 6) is -1.25. The summed E-state index contributed by atoms with van der Waals surface area (Å²) in [6.45, 7) is 4.77. The van der Waals surface area contributed by atoms with Gasteiger partial charge in [0.15, 0.2) is 0 Å². The predicted octanol–water partition coefficient (Wildman–Crippen LogP) is 0.188. The molecule has 4 N–H and O–H groups in total. The molecular weight excluding hydrogens is 248 g/mol. The van der Waals surface area contributed by atoms with E-state index >= 15 is 0 Å². The number of hydrogen-bond acceptors (Lipinski definition) is 4. The first-order valence-electron chi connectivity index (χ1n) is 6.67. The zero-order chi connectivity index (χ0) is 14.6. The van der Waals surface area contributed by atoms with Crippen LogP contribution in [-0.4, -0.2) is 52.2 Å². The minimum absolute atomic E-state index is 0.0263. The number of amides is 1. The Morgan fingerprint density at radius 2 is 2.00 bits per heavy atom. The topological polar surface area (TPSA) is 104 Å². The van der Waals surface area contributed by atoms with Gasteiger partial charge in [0.05, 0.1) is 6.10 Å². The van der Waals surface area contributed by atoms with Crippen LogP contribution in [0.3, 0.4) is 0 Å². The predicted molar refractivity (Wildman–Crippen MR) is 70.4 cm³/mol. The van der Waals surface area contributed by atoms with Crippen LogP contribution in [0.5, 0.6) is 0 Å². The highest BCUT2D eigenvalue weighted by atomic mass is 16.4. The van der Waals surface area contributed by atoms with Gasteiger partial charge in [0.2, 0.25) is 5.91 Å². The van der Waals surface area contributed by atoms with Crippen LogP contribution in [0.15, 0.2) is 0 Å². The number of aliphatic carboxylic acids is 1. The molecule has 0 radical (unpaired) electrons.